The number of rotatable bonds is 5. The molecule has 110 valence electrons. The van der Waals surface area contributed by atoms with Crippen LogP contribution >= 0.6 is 0 Å². The summed E-state index contributed by atoms with van der Waals surface area (Å²) in [7, 11) is 0. The van der Waals surface area contributed by atoms with Gasteiger partial charge in [0.2, 0.25) is 0 Å². The number of piperidine rings is 1. The molecule has 0 amide bonds. The summed E-state index contributed by atoms with van der Waals surface area (Å²) in [6.45, 7) is 4.88. The Kier molecular flexibility index (Phi) is 4.62. The first kappa shape index (κ1) is 13.9. The molecule has 0 saturated carbocycles. The van der Waals surface area contributed by atoms with Gasteiger partial charge in [0.25, 0.3) is 0 Å². The summed E-state index contributed by atoms with van der Waals surface area (Å²) in [5.41, 5.74) is 2.78. The second kappa shape index (κ2) is 6.62. The van der Waals surface area contributed by atoms with E-state index in [1.807, 2.05) is 0 Å². The van der Waals surface area contributed by atoms with Gasteiger partial charge in [-0.3, -0.25) is 0 Å². The highest BCUT2D eigenvalue weighted by Crippen LogP contribution is 2.28. The predicted molar refractivity (Wildman–Crippen MR) is 86.3 cm³/mol. The van der Waals surface area contributed by atoms with Crippen LogP contribution in [0.15, 0.2) is 24.3 Å². The third-order valence-corrected chi connectivity index (χ3v) is 4.96. The van der Waals surface area contributed by atoms with Crippen LogP contribution in [0.3, 0.4) is 0 Å². The Hall–Kier alpha value is -1.02. The van der Waals surface area contributed by atoms with Crippen LogP contribution in [0.25, 0.3) is 0 Å². The van der Waals surface area contributed by atoms with Gasteiger partial charge in [0.05, 0.1) is 0 Å². The SMILES string of the molecule is CCCCc1ccc(NC2CCN3CCCC3C2)cc1. The molecule has 1 aromatic rings. The van der Waals surface area contributed by atoms with Gasteiger partial charge in [-0.15, -0.1) is 0 Å². The number of hydrogen-bond donors (Lipinski definition) is 1. The maximum absolute atomic E-state index is 3.75. The second-order valence-electron chi connectivity index (χ2n) is 6.50. The van der Waals surface area contributed by atoms with Crippen LogP contribution in [0, 0.1) is 0 Å². The fourth-order valence-electron chi connectivity index (χ4n) is 3.74. The lowest BCUT2D eigenvalue weighted by Gasteiger charge is -2.35. The Morgan fingerprint density at radius 2 is 2.00 bits per heavy atom. The third kappa shape index (κ3) is 3.35. The Bertz CT molecular complexity index is 412. The first-order chi connectivity index (χ1) is 9.85. The molecule has 2 aliphatic rings. The van der Waals surface area contributed by atoms with Crippen LogP contribution in [0.5, 0.6) is 0 Å². The molecule has 2 fully saturated rings. The summed E-state index contributed by atoms with van der Waals surface area (Å²) in [5, 5.41) is 3.75. The molecular formula is C18H28N2. The van der Waals surface area contributed by atoms with Crippen molar-refractivity contribution in [3.05, 3.63) is 29.8 Å². The van der Waals surface area contributed by atoms with Crippen molar-refractivity contribution in [2.24, 2.45) is 0 Å². The van der Waals surface area contributed by atoms with E-state index >= 15 is 0 Å². The number of anilines is 1. The molecule has 2 atom stereocenters. The van der Waals surface area contributed by atoms with Gasteiger partial charge in [-0.05, 0) is 62.8 Å². The Morgan fingerprint density at radius 1 is 1.15 bits per heavy atom. The van der Waals surface area contributed by atoms with Crippen LogP contribution in [0.2, 0.25) is 0 Å². The van der Waals surface area contributed by atoms with Gasteiger partial charge in [0.15, 0.2) is 0 Å². The lowest BCUT2D eigenvalue weighted by molar-refractivity contribution is 0.188. The molecule has 0 radical (unpaired) electrons. The van der Waals surface area contributed by atoms with Crippen molar-refractivity contribution in [3.8, 4) is 0 Å². The number of hydrogen-bond acceptors (Lipinski definition) is 2. The van der Waals surface area contributed by atoms with E-state index in [0.717, 1.165) is 6.04 Å². The van der Waals surface area contributed by atoms with E-state index in [0.29, 0.717) is 6.04 Å². The van der Waals surface area contributed by atoms with Gasteiger partial charge in [0, 0.05) is 24.3 Å². The second-order valence-corrected chi connectivity index (χ2v) is 6.50. The lowest BCUT2D eigenvalue weighted by atomic mass is 9.97. The van der Waals surface area contributed by atoms with Crippen LogP contribution in [-0.4, -0.2) is 30.1 Å². The van der Waals surface area contributed by atoms with Gasteiger partial charge in [0.1, 0.15) is 0 Å². The largest absolute Gasteiger partial charge is 0.382 e. The summed E-state index contributed by atoms with van der Waals surface area (Å²) in [6.07, 6.45) is 9.24. The minimum atomic E-state index is 0.677. The molecule has 2 unspecified atom stereocenters. The first-order valence-corrected chi connectivity index (χ1v) is 8.44. The summed E-state index contributed by atoms with van der Waals surface area (Å²) in [5.74, 6) is 0. The average molecular weight is 272 g/mol. The van der Waals surface area contributed by atoms with Gasteiger partial charge >= 0.3 is 0 Å². The van der Waals surface area contributed by atoms with Gasteiger partial charge in [-0.2, -0.15) is 0 Å². The lowest BCUT2D eigenvalue weighted by Crippen LogP contribution is -2.42. The van der Waals surface area contributed by atoms with Crippen molar-refractivity contribution in [1.29, 1.82) is 0 Å². The zero-order valence-electron chi connectivity index (χ0n) is 12.8. The topological polar surface area (TPSA) is 15.3 Å². The smallest absolute Gasteiger partial charge is 0.0342 e. The number of aryl methyl sites for hydroxylation is 1. The molecule has 3 rings (SSSR count). The van der Waals surface area contributed by atoms with Crippen molar-refractivity contribution in [2.45, 2.75) is 64.0 Å². The maximum Gasteiger partial charge on any atom is 0.0342 e. The third-order valence-electron chi connectivity index (χ3n) is 4.96. The van der Waals surface area contributed by atoms with Gasteiger partial charge in [-0.1, -0.05) is 25.5 Å². The standard InChI is InChI=1S/C18H28N2/c1-2-3-5-15-7-9-16(10-8-15)19-17-11-13-20-12-4-6-18(20)14-17/h7-10,17-19H,2-6,11-14H2,1H3. The molecule has 2 heteroatoms. The van der Waals surface area contributed by atoms with Crippen molar-refractivity contribution >= 4 is 5.69 Å². The average Bonchev–Trinajstić information content (AvgIpc) is 2.94. The fraction of sp³-hybridized carbons (Fsp3) is 0.667. The zero-order chi connectivity index (χ0) is 13.8. The van der Waals surface area contributed by atoms with Crippen LogP contribution in [-0.2, 0) is 6.42 Å². The van der Waals surface area contributed by atoms with E-state index in [1.165, 1.54) is 69.3 Å². The molecule has 2 heterocycles. The summed E-state index contributed by atoms with van der Waals surface area (Å²) in [6, 6.07) is 10.7. The summed E-state index contributed by atoms with van der Waals surface area (Å²) in [4.78, 5) is 2.69. The highest BCUT2D eigenvalue weighted by Gasteiger charge is 2.31. The predicted octanol–water partition coefficient (Wildman–Crippen LogP) is 4.07. The van der Waals surface area contributed by atoms with Crippen LogP contribution in [0.1, 0.15) is 51.0 Å². The van der Waals surface area contributed by atoms with Crippen molar-refractivity contribution < 1.29 is 0 Å². The molecule has 1 N–H and O–H groups in total. The molecule has 0 aliphatic carbocycles. The fourth-order valence-corrected chi connectivity index (χ4v) is 3.74. The minimum absolute atomic E-state index is 0.677. The number of nitrogens with zero attached hydrogens (tertiary/aromatic N) is 1. The Balaban J connectivity index is 1.52. The van der Waals surface area contributed by atoms with E-state index in [2.05, 4.69) is 41.4 Å². The molecule has 2 aliphatic heterocycles. The summed E-state index contributed by atoms with van der Waals surface area (Å²) >= 11 is 0. The van der Waals surface area contributed by atoms with Crippen molar-refractivity contribution in [1.82, 2.24) is 4.90 Å². The Labute approximate surface area is 123 Å². The van der Waals surface area contributed by atoms with E-state index < -0.39 is 0 Å². The van der Waals surface area contributed by atoms with Gasteiger partial charge < -0.3 is 10.2 Å². The van der Waals surface area contributed by atoms with E-state index in [-0.39, 0.29) is 0 Å². The van der Waals surface area contributed by atoms with Crippen LogP contribution in [0.4, 0.5) is 5.69 Å². The van der Waals surface area contributed by atoms with E-state index in [1.54, 1.807) is 0 Å². The number of benzene rings is 1. The van der Waals surface area contributed by atoms with Crippen LogP contribution < -0.4 is 5.32 Å². The van der Waals surface area contributed by atoms with Gasteiger partial charge in [-0.25, -0.2) is 0 Å². The van der Waals surface area contributed by atoms with Crippen molar-refractivity contribution in [2.75, 3.05) is 18.4 Å². The van der Waals surface area contributed by atoms with E-state index in [4.69, 9.17) is 0 Å². The Morgan fingerprint density at radius 3 is 2.80 bits per heavy atom. The molecule has 0 spiro atoms. The minimum Gasteiger partial charge on any atom is -0.382 e. The van der Waals surface area contributed by atoms with Crippen molar-refractivity contribution in [3.63, 3.8) is 0 Å². The first-order valence-electron chi connectivity index (χ1n) is 8.44. The highest BCUT2D eigenvalue weighted by atomic mass is 15.2. The molecule has 0 aromatic heterocycles. The quantitative estimate of drug-likeness (QED) is 0.869. The molecule has 2 nitrogen and oxygen atoms in total. The number of fused-ring (bicyclic) bond motifs is 1. The number of nitrogens with one attached hydrogen (secondary N) is 1. The highest BCUT2D eigenvalue weighted by molar-refractivity contribution is 5.45. The molecule has 1 aromatic carbocycles. The molecular weight excluding hydrogens is 244 g/mol. The molecule has 0 bridgehead atoms. The molecule has 2 saturated heterocycles. The normalized spacial score (nSPS) is 26.4. The maximum atomic E-state index is 3.75. The molecule has 20 heavy (non-hydrogen) atoms. The zero-order valence-corrected chi connectivity index (χ0v) is 12.8. The van der Waals surface area contributed by atoms with E-state index in [9.17, 15) is 0 Å². The monoisotopic (exact) mass is 272 g/mol. The number of unbranched alkanes of at least 4 members (excludes halogenated alkanes) is 1. The summed E-state index contributed by atoms with van der Waals surface area (Å²) < 4.78 is 0.